The molecular weight excluding hydrogens is 394 g/mol. The average Bonchev–Trinajstić information content (AvgIpc) is 2.75. The maximum atomic E-state index is 12.9. The van der Waals surface area contributed by atoms with Gasteiger partial charge in [-0.05, 0) is 18.2 Å². The molecule has 2 aromatic carbocycles. The van der Waals surface area contributed by atoms with Crippen LogP contribution >= 0.6 is 11.6 Å². The van der Waals surface area contributed by atoms with Crippen LogP contribution in [0.4, 0.5) is 5.69 Å². The number of esters is 1. The van der Waals surface area contributed by atoms with E-state index in [0.717, 1.165) is 16.0 Å². The zero-order valence-corrected chi connectivity index (χ0v) is 17.0. The first kappa shape index (κ1) is 20.4. The minimum atomic E-state index is -0.567. The van der Waals surface area contributed by atoms with E-state index < -0.39 is 11.5 Å². The molecule has 0 N–H and O–H groups in total. The number of para-hydroxylation sites is 2. The molecule has 0 saturated carbocycles. The van der Waals surface area contributed by atoms with Crippen molar-refractivity contribution in [1.82, 2.24) is 9.78 Å². The second-order valence-electron chi connectivity index (χ2n) is 6.24. The van der Waals surface area contributed by atoms with Gasteiger partial charge >= 0.3 is 5.97 Å². The molecule has 0 atom stereocenters. The molecule has 0 aliphatic carbocycles. The van der Waals surface area contributed by atoms with Crippen molar-refractivity contribution in [2.45, 2.75) is 6.54 Å². The van der Waals surface area contributed by atoms with Gasteiger partial charge in [-0.25, -0.2) is 4.79 Å². The molecule has 0 aliphatic rings. The summed E-state index contributed by atoms with van der Waals surface area (Å²) in [5.41, 5.74) is 1.39. The van der Waals surface area contributed by atoms with E-state index in [0.29, 0.717) is 17.9 Å². The lowest BCUT2D eigenvalue weighted by Gasteiger charge is -2.22. The molecule has 0 amide bonds. The largest absolute Gasteiger partial charge is 0.496 e. The Morgan fingerprint density at radius 2 is 1.83 bits per heavy atom. The Kier molecular flexibility index (Phi) is 6.19. The Balaban J connectivity index is 1.99. The number of nitrogens with zero attached hydrogens (tertiary/aromatic N) is 3. The fourth-order valence-corrected chi connectivity index (χ4v) is 3.25. The molecule has 1 aromatic heterocycles. The number of carbonyl (C=O) groups is 1. The van der Waals surface area contributed by atoms with Crippen LogP contribution in [0.2, 0.25) is 5.02 Å². The van der Waals surface area contributed by atoms with Crippen LogP contribution in [-0.4, -0.2) is 37.0 Å². The minimum Gasteiger partial charge on any atom is -0.496 e. The van der Waals surface area contributed by atoms with Crippen molar-refractivity contribution in [2.75, 3.05) is 26.2 Å². The van der Waals surface area contributed by atoms with Crippen molar-refractivity contribution in [1.29, 1.82) is 0 Å². The third-order valence-corrected chi connectivity index (χ3v) is 4.80. The first-order valence-corrected chi connectivity index (χ1v) is 9.14. The van der Waals surface area contributed by atoms with Crippen LogP contribution in [-0.2, 0) is 11.3 Å². The summed E-state index contributed by atoms with van der Waals surface area (Å²) < 4.78 is 11.3. The number of anilines is 1. The smallest absolute Gasteiger partial charge is 0.340 e. The number of hydrogen-bond donors (Lipinski definition) is 0. The monoisotopic (exact) mass is 413 g/mol. The van der Waals surface area contributed by atoms with Crippen molar-refractivity contribution in [3.8, 4) is 11.4 Å². The van der Waals surface area contributed by atoms with Gasteiger partial charge in [-0.1, -0.05) is 41.9 Å². The van der Waals surface area contributed by atoms with Gasteiger partial charge in [0.1, 0.15) is 10.8 Å². The number of ether oxygens (including phenoxy) is 2. The highest BCUT2D eigenvalue weighted by Gasteiger charge is 2.19. The van der Waals surface area contributed by atoms with Crippen LogP contribution in [0.25, 0.3) is 5.69 Å². The molecule has 3 rings (SSSR count). The number of aromatic nitrogens is 2. The molecule has 0 fully saturated rings. The van der Waals surface area contributed by atoms with Gasteiger partial charge in [-0.2, -0.15) is 9.78 Å². The summed E-state index contributed by atoms with van der Waals surface area (Å²) >= 11 is 6.39. The molecule has 0 radical (unpaired) electrons. The van der Waals surface area contributed by atoms with E-state index in [1.807, 2.05) is 36.2 Å². The first-order chi connectivity index (χ1) is 14.0. The Hall–Kier alpha value is -3.32. The minimum absolute atomic E-state index is 0.00272. The standard InChI is InChI=1S/C21H20ClN3O4/c1-24(13-14-8-4-7-11-18(14)28-2)17-12-23-25(20(26)19(17)22)16-10-6-5-9-15(16)21(27)29-3/h4-12H,13H2,1-3H3. The third-order valence-electron chi connectivity index (χ3n) is 4.45. The quantitative estimate of drug-likeness (QED) is 0.577. The predicted molar refractivity (Wildman–Crippen MR) is 111 cm³/mol. The van der Waals surface area contributed by atoms with E-state index in [2.05, 4.69) is 5.10 Å². The van der Waals surface area contributed by atoms with Gasteiger partial charge in [-0.3, -0.25) is 4.79 Å². The number of hydrogen-bond acceptors (Lipinski definition) is 6. The fraction of sp³-hybridized carbons (Fsp3) is 0.190. The molecule has 7 nitrogen and oxygen atoms in total. The normalized spacial score (nSPS) is 10.5. The molecule has 0 aliphatic heterocycles. The van der Waals surface area contributed by atoms with Crippen molar-refractivity contribution < 1.29 is 14.3 Å². The van der Waals surface area contributed by atoms with E-state index >= 15 is 0 Å². The molecule has 1 heterocycles. The second-order valence-corrected chi connectivity index (χ2v) is 6.62. The summed E-state index contributed by atoms with van der Waals surface area (Å²) in [5.74, 6) is 0.173. The highest BCUT2D eigenvalue weighted by Crippen LogP contribution is 2.26. The number of rotatable bonds is 6. The maximum absolute atomic E-state index is 12.9. The van der Waals surface area contributed by atoms with Crippen molar-refractivity contribution in [3.63, 3.8) is 0 Å². The number of benzene rings is 2. The van der Waals surface area contributed by atoms with E-state index in [9.17, 15) is 9.59 Å². The Morgan fingerprint density at radius 1 is 1.14 bits per heavy atom. The first-order valence-electron chi connectivity index (χ1n) is 8.76. The number of methoxy groups -OCH3 is 2. The number of halogens is 1. The summed E-state index contributed by atoms with van der Waals surface area (Å²) in [6.07, 6.45) is 1.49. The van der Waals surface area contributed by atoms with Crippen molar-refractivity contribution in [3.05, 3.63) is 81.2 Å². The van der Waals surface area contributed by atoms with Crippen LogP contribution in [0.15, 0.2) is 59.5 Å². The van der Waals surface area contributed by atoms with Crippen LogP contribution in [0.5, 0.6) is 5.75 Å². The number of carbonyl (C=O) groups excluding carboxylic acids is 1. The zero-order valence-electron chi connectivity index (χ0n) is 16.3. The van der Waals surface area contributed by atoms with Gasteiger partial charge < -0.3 is 14.4 Å². The van der Waals surface area contributed by atoms with Crippen molar-refractivity contribution in [2.24, 2.45) is 0 Å². The lowest BCUT2D eigenvalue weighted by molar-refractivity contribution is 0.0600. The second kappa shape index (κ2) is 8.79. The third kappa shape index (κ3) is 4.09. The van der Waals surface area contributed by atoms with Crippen molar-refractivity contribution >= 4 is 23.3 Å². The van der Waals surface area contributed by atoms with Crippen LogP contribution < -0.4 is 15.2 Å². The highest BCUT2D eigenvalue weighted by atomic mass is 35.5. The molecular formula is C21H20ClN3O4. The lowest BCUT2D eigenvalue weighted by Crippen LogP contribution is -2.27. The Bertz CT molecular complexity index is 1100. The summed E-state index contributed by atoms with van der Waals surface area (Å²) in [6.45, 7) is 0.466. The van der Waals surface area contributed by atoms with E-state index in [1.54, 1.807) is 31.4 Å². The van der Waals surface area contributed by atoms with Crippen LogP contribution in [0.3, 0.4) is 0 Å². The van der Waals surface area contributed by atoms with Gasteiger partial charge in [-0.15, -0.1) is 0 Å². The van der Waals surface area contributed by atoms with Gasteiger partial charge in [0.2, 0.25) is 0 Å². The predicted octanol–water partition coefficient (Wildman–Crippen LogP) is 3.32. The lowest BCUT2D eigenvalue weighted by atomic mass is 10.1. The molecule has 0 bridgehead atoms. The molecule has 0 unspecified atom stereocenters. The van der Waals surface area contributed by atoms with Gasteiger partial charge in [0.25, 0.3) is 5.56 Å². The summed E-state index contributed by atoms with van der Waals surface area (Å²) in [7, 11) is 4.69. The van der Waals surface area contributed by atoms with Gasteiger partial charge in [0.15, 0.2) is 0 Å². The SMILES string of the molecule is COC(=O)c1ccccc1-n1ncc(N(C)Cc2ccccc2OC)c(Cl)c1=O. The molecule has 0 saturated heterocycles. The molecule has 0 spiro atoms. The molecule has 29 heavy (non-hydrogen) atoms. The Morgan fingerprint density at radius 3 is 2.55 bits per heavy atom. The summed E-state index contributed by atoms with van der Waals surface area (Å²) in [5, 5.41) is 4.23. The van der Waals surface area contributed by atoms with Crippen LogP contribution in [0, 0.1) is 0 Å². The zero-order chi connectivity index (χ0) is 21.0. The van der Waals surface area contributed by atoms with E-state index in [-0.39, 0.29) is 10.6 Å². The van der Waals surface area contributed by atoms with Crippen LogP contribution in [0.1, 0.15) is 15.9 Å². The molecule has 8 heteroatoms. The molecule has 150 valence electrons. The topological polar surface area (TPSA) is 73.7 Å². The maximum Gasteiger partial charge on any atom is 0.340 e. The highest BCUT2D eigenvalue weighted by molar-refractivity contribution is 6.33. The summed E-state index contributed by atoms with van der Waals surface area (Å²) in [4.78, 5) is 26.7. The van der Waals surface area contributed by atoms with Gasteiger partial charge in [0.05, 0.1) is 37.4 Å². The molecule has 3 aromatic rings. The average molecular weight is 414 g/mol. The van der Waals surface area contributed by atoms with Gasteiger partial charge in [0, 0.05) is 19.2 Å². The summed E-state index contributed by atoms with van der Waals surface area (Å²) in [6, 6.07) is 14.1. The Labute approximate surface area is 173 Å². The van der Waals surface area contributed by atoms with E-state index in [1.165, 1.54) is 13.3 Å². The fourth-order valence-electron chi connectivity index (χ4n) is 2.98. The van der Waals surface area contributed by atoms with E-state index in [4.69, 9.17) is 21.1 Å².